The summed E-state index contributed by atoms with van der Waals surface area (Å²) in [5.74, 6) is 0.853. The van der Waals surface area contributed by atoms with Gasteiger partial charge in [-0.1, -0.05) is 59.1 Å². The van der Waals surface area contributed by atoms with Crippen molar-refractivity contribution in [2.24, 2.45) is 0 Å². The molecule has 4 aromatic rings. The molecule has 1 aliphatic rings. The van der Waals surface area contributed by atoms with Crippen molar-refractivity contribution in [2.75, 3.05) is 19.5 Å². The van der Waals surface area contributed by atoms with E-state index in [0.29, 0.717) is 54.9 Å². The van der Waals surface area contributed by atoms with Crippen molar-refractivity contribution in [3.05, 3.63) is 104 Å². The van der Waals surface area contributed by atoms with E-state index in [4.69, 9.17) is 49.0 Å². The van der Waals surface area contributed by atoms with E-state index in [9.17, 15) is 4.79 Å². The van der Waals surface area contributed by atoms with Crippen molar-refractivity contribution >= 4 is 52.4 Å². The molecule has 0 saturated carbocycles. The standard InChI is InChI=1S/C27H21Cl3N4O4/c1-36-22-12-16(8-11-21(22)38-13-18-19(29)4-3-5-20(18)30)25-23(26(35)37-2)24(15-6-9-17(28)10-7-15)33-27-31-14-32-34(25)27/h3-12,14,25H,13H2,1-2H3,(H,31,32,33)/t25-/m1/s1. The molecule has 0 amide bonds. The summed E-state index contributed by atoms with van der Waals surface area (Å²) in [6.45, 7) is 0.142. The first-order valence-electron chi connectivity index (χ1n) is 11.4. The maximum Gasteiger partial charge on any atom is 0.338 e. The Hall–Kier alpha value is -3.72. The molecule has 194 valence electrons. The van der Waals surface area contributed by atoms with E-state index in [1.807, 2.05) is 18.2 Å². The van der Waals surface area contributed by atoms with Crippen LogP contribution in [0.2, 0.25) is 15.1 Å². The summed E-state index contributed by atoms with van der Waals surface area (Å²) in [6.07, 6.45) is 1.41. The number of aromatic nitrogens is 3. The number of hydrogen-bond donors (Lipinski definition) is 1. The van der Waals surface area contributed by atoms with Crippen LogP contribution < -0.4 is 14.8 Å². The lowest BCUT2D eigenvalue weighted by atomic mass is 9.92. The highest BCUT2D eigenvalue weighted by Crippen LogP contribution is 2.41. The van der Waals surface area contributed by atoms with Gasteiger partial charge in [0, 0.05) is 20.6 Å². The van der Waals surface area contributed by atoms with E-state index in [1.165, 1.54) is 20.5 Å². The molecule has 8 nitrogen and oxygen atoms in total. The van der Waals surface area contributed by atoms with Crippen LogP contribution in [0.5, 0.6) is 11.5 Å². The van der Waals surface area contributed by atoms with Crippen molar-refractivity contribution in [1.29, 1.82) is 0 Å². The molecule has 0 unspecified atom stereocenters. The van der Waals surface area contributed by atoms with Crippen molar-refractivity contribution in [2.45, 2.75) is 12.6 Å². The molecule has 2 heterocycles. The number of carbonyl (C=O) groups is 1. The number of benzene rings is 3. The van der Waals surface area contributed by atoms with Crippen LogP contribution in [0.15, 0.2) is 72.6 Å². The minimum absolute atomic E-state index is 0.142. The zero-order valence-corrected chi connectivity index (χ0v) is 22.5. The highest BCUT2D eigenvalue weighted by Gasteiger charge is 2.36. The minimum Gasteiger partial charge on any atom is -0.493 e. The summed E-state index contributed by atoms with van der Waals surface area (Å²) in [6, 6.07) is 17.1. The number of esters is 1. The molecule has 1 N–H and O–H groups in total. The Kier molecular flexibility index (Phi) is 7.46. The summed E-state index contributed by atoms with van der Waals surface area (Å²) >= 11 is 18.7. The molecule has 5 rings (SSSR count). The number of fused-ring (bicyclic) bond motifs is 1. The molecule has 1 atom stereocenters. The third-order valence-electron chi connectivity index (χ3n) is 6.07. The zero-order valence-electron chi connectivity index (χ0n) is 20.2. The quantitative estimate of drug-likeness (QED) is 0.256. The number of rotatable bonds is 7. The molecule has 1 aromatic heterocycles. The van der Waals surface area contributed by atoms with Crippen molar-refractivity contribution in [3.63, 3.8) is 0 Å². The zero-order chi connectivity index (χ0) is 26.8. The van der Waals surface area contributed by atoms with Crippen LogP contribution in [-0.4, -0.2) is 35.0 Å². The van der Waals surface area contributed by atoms with E-state index in [-0.39, 0.29) is 6.61 Å². The third-order valence-corrected chi connectivity index (χ3v) is 7.03. The molecular formula is C27H21Cl3N4O4. The Labute approximate surface area is 233 Å². The van der Waals surface area contributed by atoms with Crippen LogP contribution in [-0.2, 0) is 16.1 Å². The lowest BCUT2D eigenvalue weighted by molar-refractivity contribution is -0.136. The van der Waals surface area contributed by atoms with Gasteiger partial charge in [0.15, 0.2) is 11.5 Å². The fourth-order valence-electron chi connectivity index (χ4n) is 4.24. The number of ether oxygens (including phenoxy) is 3. The topological polar surface area (TPSA) is 87.5 Å². The second-order valence-corrected chi connectivity index (χ2v) is 9.49. The molecule has 0 aliphatic carbocycles. The number of hydrogen-bond acceptors (Lipinski definition) is 7. The number of nitrogens with one attached hydrogen (secondary N) is 1. The highest BCUT2D eigenvalue weighted by atomic mass is 35.5. The van der Waals surface area contributed by atoms with Crippen LogP contribution in [0, 0.1) is 0 Å². The number of anilines is 1. The lowest BCUT2D eigenvalue weighted by Gasteiger charge is -2.29. The smallest absolute Gasteiger partial charge is 0.338 e. The average Bonchev–Trinajstić information content (AvgIpc) is 3.40. The van der Waals surface area contributed by atoms with Gasteiger partial charge in [0.25, 0.3) is 0 Å². The molecule has 38 heavy (non-hydrogen) atoms. The number of nitrogens with zero attached hydrogens (tertiary/aromatic N) is 3. The third kappa shape index (κ3) is 4.90. The molecule has 0 spiro atoms. The summed E-state index contributed by atoms with van der Waals surface area (Å²) in [5, 5.41) is 9.17. The van der Waals surface area contributed by atoms with Crippen LogP contribution in [0.25, 0.3) is 5.70 Å². The van der Waals surface area contributed by atoms with Gasteiger partial charge < -0.3 is 19.5 Å². The van der Waals surface area contributed by atoms with Gasteiger partial charge in [0.05, 0.1) is 25.5 Å². The minimum atomic E-state index is -0.673. The Morgan fingerprint density at radius 1 is 1.00 bits per heavy atom. The average molecular weight is 572 g/mol. The van der Waals surface area contributed by atoms with Gasteiger partial charge >= 0.3 is 5.97 Å². The van der Waals surface area contributed by atoms with Gasteiger partial charge in [0.2, 0.25) is 5.95 Å². The maximum atomic E-state index is 13.2. The number of carbonyl (C=O) groups excluding carboxylic acids is 1. The first-order chi connectivity index (χ1) is 18.4. The van der Waals surface area contributed by atoms with E-state index in [2.05, 4.69) is 15.4 Å². The van der Waals surface area contributed by atoms with Crippen molar-refractivity contribution in [1.82, 2.24) is 14.8 Å². The van der Waals surface area contributed by atoms with Crippen molar-refractivity contribution in [3.8, 4) is 11.5 Å². The van der Waals surface area contributed by atoms with Crippen LogP contribution in [0.1, 0.15) is 22.7 Å². The van der Waals surface area contributed by atoms with Crippen molar-refractivity contribution < 1.29 is 19.0 Å². The van der Waals surface area contributed by atoms with E-state index in [0.717, 1.165) is 5.56 Å². The summed E-state index contributed by atoms with van der Waals surface area (Å²) in [7, 11) is 2.87. The van der Waals surface area contributed by atoms with E-state index in [1.54, 1.807) is 47.1 Å². The number of methoxy groups -OCH3 is 2. The lowest BCUT2D eigenvalue weighted by Crippen LogP contribution is -2.29. The Bertz CT molecular complexity index is 1520. The molecule has 1 aliphatic heterocycles. The Balaban J connectivity index is 1.58. The monoisotopic (exact) mass is 570 g/mol. The fourth-order valence-corrected chi connectivity index (χ4v) is 4.87. The molecule has 3 aromatic carbocycles. The van der Waals surface area contributed by atoms with Gasteiger partial charge in [-0.2, -0.15) is 10.1 Å². The summed E-state index contributed by atoms with van der Waals surface area (Å²) < 4.78 is 18.5. The van der Waals surface area contributed by atoms with Crippen LogP contribution in [0.3, 0.4) is 0 Å². The SMILES string of the molecule is COC(=O)C1=C(c2ccc(Cl)cc2)Nc2ncnn2[C@@H]1c1ccc(OCc2c(Cl)cccc2Cl)c(OC)c1. The van der Waals surface area contributed by atoms with Gasteiger partial charge in [-0.25, -0.2) is 9.48 Å². The first-order valence-corrected chi connectivity index (χ1v) is 12.5. The summed E-state index contributed by atoms with van der Waals surface area (Å²) in [5.41, 5.74) is 2.97. The highest BCUT2D eigenvalue weighted by molar-refractivity contribution is 6.36. The Morgan fingerprint density at radius 2 is 1.74 bits per heavy atom. The van der Waals surface area contributed by atoms with Gasteiger partial charge in [-0.3, -0.25) is 0 Å². The van der Waals surface area contributed by atoms with Gasteiger partial charge in [0.1, 0.15) is 19.0 Å². The van der Waals surface area contributed by atoms with Crippen LogP contribution >= 0.6 is 34.8 Å². The van der Waals surface area contributed by atoms with E-state index >= 15 is 0 Å². The maximum absolute atomic E-state index is 13.2. The second-order valence-electron chi connectivity index (χ2n) is 8.24. The Morgan fingerprint density at radius 3 is 2.42 bits per heavy atom. The van der Waals surface area contributed by atoms with Crippen LogP contribution in [0.4, 0.5) is 5.95 Å². The van der Waals surface area contributed by atoms with Gasteiger partial charge in [-0.15, -0.1) is 0 Å². The number of halogens is 3. The molecule has 0 bridgehead atoms. The molecule has 0 radical (unpaired) electrons. The molecule has 0 fully saturated rings. The predicted molar refractivity (Wildman–Crippen MR) is 146 cm³/mol. The largest absolute Gasteiger partial charge is 0.493 e. The fraction of sp³-hybridized carbons (Fsp3) is 0.148. The normalized spacial score (nSPS) is 14.5. The molecular weight excluding hydrogens is 551 g/mol. The first kappa shape index (κ1) is 25.9. The van der Waals surface area contributed by atoms with Gasteiger partial charge in [-0.05, 0) is 47.5 Å². The second kappa shape index (κ2) is 10.9. The molecule has 11 heteroatoms. The molecule has 0 saturated heterocycles. The van der Waals surface area contributed by atoms with E-state index < -0.39 is 12.0 Å². The summed E-state index contributed by atoms with van der Waals surface area (Å²) in [4.78, 5) is 17.5. The predicted octanol–water partition coefficient (Wildman–Crippen LogP) is 6.43.